The summed E-state index contributed by atoms with van der Waals surface area (Å²) < 4.78 is 33.2. The number of carbonyl (C=O) groups excluding carboxylic acids is 2. The predicted octanol–water partition coefficient (Wildman–Crippen LogP) is -0.618. The highest BCUT2D eigenvalue weighted by Crippen LogP contribution is 2.20. The van der Waals surface area contributed by atoms with Gasteiger partial charge in [0.2, 0.25) is 10.0 Å². The number of carbonyl (C=O) groups is 2. The summed E-state index contributed by atoms with van der Waals surface area (Å²) in [6, 6.07) is 0.869. The number of esters is 1. The first-order valence-electron chi connectivity index (χ1n) is 8.05. The van der Waals surface area contributed by atoms with Crippen LogP contribution in [-0.2, 0) is 26.6 Å². The highest BCUT2D eigenvalue weighted by atomic mass is 32.2. The van der Waals surface area contributed by atoms with E-state index in [-0.39, 0.29) is 29.6 Å². The summed E-state index contributed by atoms with van der Waals surface area (Å²) in [6.45, 7) is 5.17. The molecule has 1 aromatic heterocycles. The Kier molecular flexibility index (Phi) is 5.86. The lowest BCUT2D eigenvalue weighted by Crippen LogP contribution is -2.53. The zero-order valence-corrected chi connectivity index (χ0v) is 15.5. The van der Waals surface area contributed by atoms with E-state index in [2.05, 4.69) is 0 Å². The van der Waals surface area contributed by atoms with E-state index in [1.54, 1.807) is 20.9 Å². The third kappa shape index (κ3) is 4.02. The highest BCUT2D eigenvalue weighted by molar-refractivity contribution is 7.89. The maximum Gasteiger partial charge on any atom is 0.323 e. The fraction of sp³-hybridized carbons (Fsp3) is 0.600. The van der Waals surface area contributed by atoms with Crippen molar-refractivity contribution in [3.8, 4) is 0 Å². The van der Waals surface area contributed by atoms with Crippen LogP contribution < -0.4 is 5.73 Å². The molecule has 1 aliphatic heterocycles. The predicted molar refractivity (Wildman–Crippen MR) is 90.4 cm³/mol. The van der Waals surface area contributed by atoms with Crippen LogP contribution >= 0.6 is 0 Å². The van der Waals surface area contributed by atoms with Gasteiger partial charge in [0.25, 0.3) is 5.91 Å². The number of ether oxygens (including phenoxy) is 1. The molecular formula is C15H24N4O5S. The lowest BCUT2D eigenvalue weighted by molar-refractivity contribution is -0.149. The molecule has 1 fully saturated rings. The lowest BCUT2D eigenvalue weighted by Gasteiger charge is -2.36. The molecule has 1 aromatic rings. The summed E-state index contributed by atoms with van der Waals surface area (Å²) in [5.41, 5.74) is 5.37. The number of nitrogens with zero attached hydrogens (tertiary/aromatic N) is 3. The lowest BCUT2D eigenvalue weighted by atomic mass is 10.2. The maximum absolute atomic E-state index is 12.7. The number of rotatable bonds is 6. The Labute approximate surface area is 147 Å². The van der Waals surface area contributed by atoms with Crippen molar-refractivity contribution in [2.45, 2.75) is 24.8 Å². The van der Waals surface area contributed by atoms with Crippen LogP contribution in [0.5, 0.6) is 0 Å². The summed E-state index contributed by atoms with van der Waals surface area (Å²) in [5, 5.41) is 0. The van der Waals surface area contributed by atoms with Crippen LogP contribution in [-0.4, -0.2) is 72.9 Å². The zero-order chi connectivity index (χ0) is 18.8. The van der Waals surface area contributed by atoms with Crippen molar-refractivity contribution in [2.24, 2.45) is 12.8 Å². The number of hydrogen-bond acceptors (Lipinski definition) is 6. The topological polar surface area (TPSA) is 115 Å². The number of sulfonamides is 1. The normalized spacial score (nSPS) is 18.0. The molecule has 0 aromatic carbocycles. The molecule has 0 unspecified atom stereocenters. The van der Waals surface area contributed by atoms with Crippen LogP contribution in [0.25, 0.3) is 0 Å². The summed E-state index contributed by atoms with van der Waals surface area (Å²) in [4.78, 5) is 25.1. The van der Waals surface area contributed by atoms with Crippen molar-refractivity contribution in [3.63, 3.8) is 0 Å². The quantitative estimate of drug-likeness (QED) is 0.666. The Morgan fingerprint density at radius 3 is 2.36 bits per heavy atom. The van der Waals surface area contributed by atoms with E-state index in [1.165, 1.54) is 21.1 Å². The Balaban J connectivity index is 2.08. The van der Waals surface area contributed by atoms with Gasteiger partial charge in [0, 0.05) is 39.4 Å². The minimum atomic E-state index is -3.71. The average Bonchev–Trinajstić information content (AvgIpc) is 2.97. The van der Waals surface area contributed by atoms with Gasteiger partial charge in [-0.15, -0.1) is 0 Å². The second-order valence-electron chi connectivity index (χ2n) is 5.90. The molecule has 10 heteroatoms. The van der Waals surface area contributed by atoms with Crippen molar-refractivity contribution >= 4 is 21.9 Å². The molecule has 25 heavy (non-hydrogen) atoms. The Bertz CT molecular complexity index is 750. The van der Waals surface area contributed by atoms with Crippen molar-refractivity contribution < 1.29 is 22.7 Å². The first-order valence-corrected chi connectivity index (χ1v) is 9.49. The van der Waals surface area contributed by atoms with E-state index in [4.69, 9.17) is 10.5 Å². The minimum absolute atomic E-state index is 0.0377. The minimum Gasteiger partial charge on any atom is -0.465 e. The summed E-state index contributed by atoms with van der Waals surface area (Å²) in [6.07, 6.45) is 1.38. The van der Waals surface area contributed by atoms with Crippen molar-refractivity contribution in [2.75, 3.05) is 32.8 Å². The first-order chi connectivity index (χ1) is 11.7. The average molecular weight is 372 g/mol. The van der Waals surface area contributed by atoms with E-state index in [0.717, 1.165) is 0 Å². The fourth-order valence-electron chi connectivity index (χ4n) is 2.81. The number of nitrogens with two attached hydrogens (primary N) is 1. The highest BCUT2D eigenvalue weighted by Gasteiger charge is 2.33. The number of aromatic nitrogens is 1. The monoisotopic (exact) mass is 372 g/mol. The molecule has 1 saturated heterocycles. The van der Waals surface area contributed by atoms with Crippen molar-refractivity contribution in [3.05, 3.63) is 18.0 Å². The van der Waals surface area contributed by atoms with Crippen molar-refractivity contribution in [1.82, 2.24) is 13.8 Å². The van der Waals surface area contributed by atoms with E-state index < -0.39 is 22.0 Å². The van der Waals surface area contributed by atoms with Crippen LogP contribution in [0, 0.1) is 0 Å². The molecule has 0 bridgehead atoms. The van der Waals surface area contributed by atoms with Crippen LogP contribution in [0.1, 0.15) is 24.3 Å². The number of piperazine rings is 1. The second kappa shape index (κ2) is 7.54. The summed E-state index contributed by atoms with van der Waals surface area (Å²) in [7, 11) is -2.15. The first kappa shape index (κ1) is 19.4. The molecule has 0 spiro atoms. The standard InChI is InChI=1S/C15H24N4O5S/c1-4-24-15(21)11(2)18-5-7-19(8-6-18)25(22,23)12-9-13(14(16)20)17(3)10-12/h9-11H,4-8H2,1-3H3,(H2,16,20)/t11-/m0/s1. The van der Waals surface area contributed by atoms with Crippen molar-refractivity contribution in [1.29, 1.82) is 0 Å². The van der Waals surface area contributed by atoms with E-state index in [0.29, 0.717) is 19.7 Å². The number of amides is 1. The molecule has 2 N–H and O–H groups in total. The Morgan fingerprint density at radius 2 is 1.88 bits per heavy atom. The van der Waals surface area contributed by atoms with E-state index in [1.807, 2.05) is 4.90 Å². The summed E-state index contributed by atoms with van der Waals surface area (Å²) in [5.74, 6) is -0.995. The number of hydrogen-bond donors (Lipinski definition) is 1. The fourth-order valence-corrected chi connectivity index (χ4v) is 4.31. The summed E-state index contributed by atoms with van der Waals surface area (Å²) >= 11 is 0. The van der Waals surface area contributed by atoms with Crippen LogP contribution in [0.3, 0.4) is 0 Å². The van der Waals surface area contributed by atoms with Crippen LogP contribution in [0.4, 0.5) is 0 Å². The largest absolute Gasteiger partial charge is 0.465 e. The van der Waals surface area contributed by atoms with Gasteiger partial charge in [0.1, 0.15) is 16.6 Å². The number of aryl methyl sites for hydroxylation is 1. The molecule has 0 radical (unpaired) electrons. The van der Waals surface area contributed by atoms with Gasteiger partial charge in [-0.1, -0.05) is 0 Å². The van der Waals surface area contributed by atoms with E-state index in [9.17, 15) is 18.0 Å². The molecule has 1 atom stereocenters. The molecule has 9 nitrogen and oxygen atoms in total. The van der Waals surface area contributed by atoms with Crippen LogP contribution in [0.2, 0.25) is 0 Å². The van der Waals surface area contributed by atoms with Gasteiger partial charge in [-0.05, 0) is 19.9 Å². The molecule has 2 heterocycles. The second-order valence-corrected chi connectivity index (χ2v) is 7.84. The zero-order valence-electron chi connectivity index (χ0n) is 14.6. The van der Waals surface area contributed by atoms with Crippen LogP contribution in [0.15, 0.2) is 17.2 Å². The molecule has 1 aliphatic rings. The van der Waals surface area contributed by atoms with Gasteiger partial charge in [-0.25, -0.2) is 8.42 Å². The van der Waals surface area contributed by atoms with Gasteiger partial charge in [-0.2, -0.15) is 4.31 Å². The molecule has 140 valence electrons. The SMILES string of the molecule is CCOC(=O)[C@H](C)N1CCN(S(=O)(=O)c2cc(C(N)=O)n(C)c2)CC1. The Morgan fingerprint density at radius 1 is 1.28 bits per heavy atom. The molecule has 0 aliphatic carbocycles. The van der Waals surface area contributed by atoms with Gasteiger partial charge < -0.3 is 15.0 Å². The van der Waals surface area contributed by atoms with E-state index >= 15 is 0 Å². The smallest absolute Gasteiger partial charge is 0.323 e. The molecule has 1 amide bonds. The Hall–Kier alpha value is -1.91. The third-order valence-electron chi connectivity index (χ3n) is 4.32. The van der Waals surface area contributed by atoms with Gasteiger partial charge in [0.15, 0.2) is 0 Å². The third-order valence-corrected chi connectivity index (χ3v) is 6.18. The number of primary amides is 1. The van der Waals surface area contributed by atoms with Gasteiger partial charge in [-0.3, -0.25) is 14.5 Å². The molecular weight excluding hydrogens is 348 g/mol. The van der Waals surface area contributed by atoms with Gasteiger partial charge in [0.05, 0.1) is 6.61 Å². The molecule has 0 saturated carbocycles. The van der Waals surface area contributed by atoms with Gasteiger partial charge >= 0.3 is 5.97 Å². The molecule has 2 rings (SSSR count). The maximum atomic E-state index is 12.7.